The quantitative estimate of drug-likeness (QED) is 0.516. The van der Waals surface area contributed by atoms with E-state index < -0.39 is 0 Å². The van der Waals surface area contributed by atoms with E-state index in [1.54, 1.807) is 7.05 Å². The fourth-order valence-electron chi connectivity index (χ4n) is 2.84. The van der Waals surface area contributed by atoms with E-state index in [-0.39, 0.29) is 17.6 Å². The Bertz CT molecular complexity index is 607. The number of carbonyl (C=O) groups excluding carboxylic acids is 1. The summed E-state index contributed by atoms with van der Waals surface area (Å²) in [5.74, 6) is 0.724. The number of hydrogen-bond acceptors (Lipinski definition) is 3. The molecule has 26 heavy (non-hydrogen) atoms. The Balaban J connectivity index is 1.81. The van der Waals surface area contributed by atoms with E-state index >= 15 is 0 Å². The second kappa shape index (κ2) is 9.57. The molecule has 3 N–H and O–H groups in total. The highest BCUT2D eigenvalue weighted by molar-refractivity contribution is 5.94. The summed E-state index contributed by atoms with van der Waals surface area (Å²) < 4.78 is 5.79. The highest BCUT2D eigenvalue weighted by atomic mass is 16.5. The van der Waals surface area contributed by atoms with E-state index in [2.05, 4.69) is 34.8 Å². The Kier molecular flexibility index (Phi) is 7.45. The average molecular weight is 361 g/mol. The molecule has 0 aromatic heterocycles. The van der Waals surface area contributed by atoms with Gasteiger partial charge in [0, 0.05) is 38.3 Å². The van der Waals surface area contributed by atoms with Crippen LogP contribution in [0.15, 0.2) is 29.3 Å². The summed E-state index contributed by atoms with van der Waals surface area (Å²) >= 11 is 0. The maximum Gasteiger partial charge on any atom is 0.251 e. The van der Waals surface area contributed by atoms with E-state index in [0.717, 1.165) is 43.9 Å². The van der Waals surface area contributed by atoms with Crippen LogP contribution in [0.25, 0.3) is 0 Å². The average Bonchev–Trinajstić information content (AvgIpc) is 3.09. The molecule has 0 radical (unpaired) electrons. The van der Waals surface area contributed by atoms with Crippen molar-refractivity contribution < 1.29 is 9.53 Å². The molecule has 0 spiro atoms. The predicted octanol–water partition coefficient (Wildman–Crippen LogP) is 2.45. The summed E-state index contributed by atoms with van der Waals surface area (Å²) in [5.41, 5.74) is 1.67. The normalized spacial score (nSPS) is 21.3. The third kappa shape index (κ3) is 6.02. The number of nitrogens with one attached hydrogen (secondary N) is 3. The summed E-state index contributed by atoms with van der Waals surface area (Å²) in [7, 11) is 1.76. The maximum absolute atomic E-state index is 12.1. The Hall–Kier alpha value is -2.08. The van der Waals surface area contributed by atoms with Crippen LogP contribution in [-0.2, 0) is 11.3 Å². The Morgan fingerprint density at radius 1 is 1.31 bits per heavy atom. The van der Waals surface area contributed by atoms with Crippen molar-refractivity contribution in [3.8, 4) is 0 Å². The van der Waals surface area contributed by atoms with E-state index in [9.17, 15) is 4.79 Å². The van der Waals surface area contributed by atoms with E-state index in [4.69, 9.17) is 4.74 Å². The molecule has 1 saturated heterocycles. The first-order valence-electron chi connectivity index (χ1n) is 9.44. The van der Waals surface area contributed by atoms with Crippen LogP contribution in [-0.4, -0.2) is 43.7 Å². The van der Waals surface area contributed by atoms with Crippen LogP contribution < -0.4 is 16.0 Å². The summed E-state index contributed by atoms with van der Waals surface area (Å²) in [6.45, 7) is 8.40. The maximum atomic E-state index is 12.1. The van der Waals surface area contributed by atoms with Gasteiger partial charge in [0.15, 0.2) is 5.96 Å². The van der Waals surface area contributed by atoms with Gasteiger partial charge in [-0.05, 0) is 50.8 Å². The van der Waals surface area contributed by atoms with Crippen molar-refractivity contribution >= 4 is 11.9 Å². The van der Waals surface area contributed by atoms with Gasteiger partial charge in [0.1, 0.15) is 0 Å². The molecule has 1 aliphatic heterocycles. The Labute approximate surface area is 156 Å². The van der Waals surface area contributed by atoms with Crippen LogP contribution in [0, 0.1) is 0 Å². The van der Waals surface area contributed by atoms with Gasteiger partial charge in [0.2, 0.25) is 0 Å². The molecule has 1 aliphatic rings. The predicted molar refractivity (Wildman–Crippen MR) is 105 cm³/mol. The highest BCUT2D eigenvalue weighted by Crippen LogP contribution is 2.23. The second-order valence-electron chi connectivity index (χ2n) is 7.16. The number of ether oxygens (including phenoxy) is 1. The molecule has 1 fully saturated rings. The third-order valence-electron chi connectivity index (χ3n) is 4.82. The minimum atomic E-state index is -0.109. The summed E-state index contributed by atoms with van der Waals surface area (Å²) in [4.78, 5) is 16.4. The summed E-state index contributed by atoms with van der Waals surface area (Å²) in [6.07, 6.45) is 3.10. The van der Waals surface area contributed by atoms with Gasteiger partial charge in [0.05, 0.1) is 5.60 Å². The molecule has 6 heteroatoms. The fourth-order valence-corrected chi connectivity index (χ4v) is 2.84. The van der Waals surface area contributed by atoms with Crippen LogP contribution in [0.5, 0.6) is 0 Å². The summed E-state index contributed by atoms with van der Waals surface area (Å²) in [5, 5.41) is 9.61. The van der Waals surface area contributed by atoms with Crippen molar-refractivity contribution in [2.24, 2.45) is 4.99 Å². The topological polar surface area (TPSA) is 74.8 Å². The lowest BCUT2D eigenvalue weighted by Crippen LogP contribution is -2.45. The molecule has 2 rings (SSSR count). The van der Waals surface area contributed by atoms with Crippen LogP contribution in [0.2, 0.25) is 0 Å². The van der Waals surface area contributed by atoms with Crippen LogP contribution in [0.4, 0.5) is 0 Å². The van der Waals surface area contributed by atoms with Crippen LogP contribution in [0.3, 0.4) is 0 Å². The van der Waals surface area contributed by atoms with Crippen molar-refractivity contribution in [3.63, 3.8) is 0 Å². The van der Waals surface area contributed by atoms with Gasteiger partial charge < -0.3 is 20.7 Å². The van der Waals surface area contributed by atoms with Crippen LogP contribution in [0.1, 0.15) is 56.0 Å². The van der Waals surface area contributed by atoms with Gasteiger partial charge in [-0.25, -0.2) is 0 Å². The molecule has 6 nitrogen and oxygen atoms in total. The van der Waals surface area contributed by atoms with Crippen molar-refractivity contribution in [1.29, 1.82) is 0 Å². The standard InChI is InChI=1S/C20H32N4O2/c1-5-15(2)24-18(25)17-9-7-16(8-10-17)13-22-19(21-4)23-14-20(3)11-6-12-26-20/h7-10,15H,5-6,11-14H2,1-4H3,(H,24,25)(H2,21,22,23). The minimum absolute atomic E-state index is 0.0267. The number of rotatable bonds is 7. The number of amides is 1. The van der Waals surface area contributed by atoms with Gasteiger partial charge in [-0.15, -0.1) is 0 Å². The monoisotopic (exact) mass is 360 g/mol. The third-order valence-corrected chi connectivity index (χ3v) is 4.82. The lowest BCUT2D eigenvalue weighted by Gasteiger charge is -2.24. The number of hydrogen-bond donors (Lipinski definition) is 3. The minimum Gasteiger partial charge on any atom is -0.373 e. The lowest BCUT2D eigenvalue weighted by atomic mass is 10.0. The molecular weight excluding hydrogens is 328 g/mol. The fraction of sp³-hybridized carbons (Fsp3) is 0.600. The zero-order valence-electron chi connectivity index (χ0n) is 16.4. The molecule has 144 valence electrons. The SMILES string of the molecule is CCC(C)NC(=O)c1ccc(CNC(=NC)NCC2(C)CCCO2)cc1. The Morgan fingerprint density at radius 3 is 2.62 bits per heavy atom. The van der Waals surface area contributed by atoms with Crippen molar-refractivity contribution in [2.75, 3.05) is 20.2 Å². The number of benzene rings is 1. The van der Waals surface area contributed by atoms with Crippen molar-refractivity contribution in [2.45, 2.75) is 58.2 Å². The largest absolute Gasteiger partial charge is 0.373 e. The zero-order valence-corrected chi connectivity index (χ0v) is 16.4. The number of carbonyl (C=O) groups is 1. The lowest BCUT2D eigenvalue weighted by molar-refractivity contribution is 0.0243. The molecule has 0 saturated carbocycles. The van der Waals surface area contributed by atoms with E-state index in [1.807, 2.05) is 31.2 Å². The number of nitrogens with zero attached hydrogens (tertiary/aromatic N) is 1. The second-order valence-corrected chi connectivity index (χ2v) is 7.16. The first kappa shape index (κ1) is 20.2. The Morgan fingerprint density at radius 2 is 2.04 bits per heavy atom. The molecule has 1 amide bonds. The van der Waals surface area contributed by atoms with Crippen LogP contribution >= 0.6 is 0 Å². The smallest absolute Gasteiger partial charge is 0.251 e. The van der Waals surface area contributed by atoms with Crippen molar-refractivity contribution in [1.82, 2.24) is 16.0 Å². The molecule has 0 bridgehead atoms. The molecule has 2 atom stereocenters. The zero-order chi connectivity index (χ0) is 19.0. The number of guanidine groups is 1. The molecule has 2 unspecified atom stereocenters. The molecule has 0 aliphatic carbocycles. The molecule has 1 aromatic carbocycles. The summed E-state index contributed by atoms with van der Waals surface area (Å²) in [6, 6.07) is 7.83. The van der Waals surface area contributed by atoms with E-state index in [0.29, 0.717) is 12.1 Å². The van der Waals surface area contributed by atoms with Gasteiger partial charge in [-0.1, -0.05) is 19.1 Å². The van der Waals surface area contributed by atoms with Gasteiger partial charge in [-0.2, -0.15) is 0 Å². The first-order chi connectivity index (χ1) is 12.5. The van der Waals surface area contributed by atoms with Crippen molar-refractivity contribution in [3.05, 3.63) is 35.4 Å². The highest BCUT2D eigenvalue weighted by Gasteiger charge is 2.29. The number of aliphatic imine (C=N–C) groups is 1. The van der Waals surface area contributed by atoms with Gasteiger partial charge >= 0.3 is 0 Å². The molecule has 1 heterocycles. The first-order valence-corrected chi connectivity index (χ1v) is 9.44. The van der Waals surface area contributed by atoms with Gasteiger partial charge in [0.25, 0.3) is 5.91 Å². The van der Waals surface area contributed by atoms with Gasteiger partial charge in [-0.3, -0.25) is 9.79 Å². The molecule has 1 aromatic rings. The molecular formula is C20H32N4O2. The van der Waals surface area contributed by atoms with E-state index in [1.165, 1.54) is 0 Å².